The smallest absolute Gasteiger partial charge is 0.264 e. The van der Waals surface area contributed by atoms with Crippen molar-refractivity contribution in [3.8, 4) is 17.1 Å². The maximum atomic E-state index is 14.6. The topological polar surface area (TPSA) is 131 Å². The minimum absolute atomic E-state index is 0.0627. The molecule has 50 heavy (non-hydrogen) atoms. The summed E-state index contributed by atoms with van der Waals surface area (Å²) in [6.07, 6.45) is 9.70. The van der Waals surface area contributed by atoms with E-state index in [0.29, 0.717) is 29.8 Å². The van der Waals surface area contributed by atoms with Crippen LogP contribution in [0, 0.1) is 25.2 Å². The Labute approximate surface area is 294 Å². The molecule has 3 aliphatic rings. The van der Waals surface area contributed by atoms with Crippen molar-refractivity contribution in [3.05, 3.63) is 83.3 Å². The highest BCUT2D eigenvalue weighted by Gasteiger charge is 2.39. The summed E-state index contributed by atoms with van der Waals surface area (Å²) >= 11 is 0. The Hall–Kier alpha value is -4.58. The Morgan fingerprint density at radius 1 is 1.00 bits per heavy atom. The summed E-state index contributed by atoms with van der Waals surface area (Å²) in [6.45, 7) is 8.84. The van der Waals surface area contributed by atoms with Gasteiger partial charge in [0.1, 0.15) is 12.4 Å². The van der Waals surface area contributed by atoms with Crippen molar-refractivity contribution >= 4 is 27.7 Å². The lowest BCUT2D eigenvalue weighted by Crippen LogP contribution is -2.46. The number of nitrogens with one attached hydrogen (secondary N) is 1. The second-order valence-corrected chi connectivity index (χ2v) is 16.6. The molecule has 2 saturated carbocycles. The number of hydrogen-bond acceptors (Lipinski definition) is 9. The second-order valence-electron chi connectivity index (χ2n) is 15.0. The summed E-state index contributed by atoms with van der Waals surface area (Å²) < 4.78 is 36.5. The number of anilines is 2. The Morgan fingerprint density at radius 2 is 1.74 bits per heavy atom. The van der Waals surface area contributed by atoms with Crippen LogP contribution in [-0.4, -0.2) is 64.9 Å². The SMILES string of the molecule is Cc1cccc(C)c1-c1cc2nc(n1)NS(=O)(=O)c1cccc(c1)C(=O)N(Cc1cncc(N(C)C3CCC3)n1)C(CC1CC(C)(C)C1)CO2. The van der Waals surface area contributed by atoms with E-state index in [1.54, 1.807) is 35.5 Å². The molecular weight excluding hydrogens is 651 g/mol. The first-order valence-electron chi connectivity index (χ1n) is 17.4. The van der Waals surface area contributed by atoms with E-state index < -0.39 is 10.0 Å². The van der Waals surface area contributed by atoms with Crippen molar-refractivity contribution in [1.82, 2.24) is 24.8 Å². The molecule has 0 radical (unpaired) electrons. The summed E-state index contributed by atoms with van der Waals surface area (Å²) in [5.41, 5.74) is 4.54. The third kappa shape index (κ3) is 7.03. The van der Waals surface area contributed by atoms with Crippen molar-refractivity contribution in [3.63, 3.8) is 0 Å². The number of sulfonamides is 1. The summed E-state index contributed by atoms with van der Waals surface area (Å²) in [6, 6.07) is 13.9. The zero-order valence-corrected chi connectivity index (χ0v) is 30.2. The van der Waals surface area contributed by atoms with Crippen LogP contribution in [-0.2, 0) is 16.6 Å². The minimum atomic E-state index is -4.17. The van der Waals surface area contributed by atoms with Crippen LogP contribution in [0.4, 0.5) is 11.8 Å². The second kappa shape index (κ2) is 13.3. The molecule has 4 aromatic rings. The first kappa shape index (κ1) is 33.9. The molecule has 2 aromatic heterocycles. The van der Waals surface area contributed by atoms with Gasteiger partial charge in [-0.3, -0.25) is 9.78 Å². The number of fused-ring (bicyclic) bond motifs is 4. The van der Waals surface area contributed by atoms with Crippen LogP contribution < -0.4 is 14.4 Å². The fraction of sp³-hybridized carbons (Fsp3) is 0.447. The zero-order chi connectivity index (χ0) is 35.2. The lowest BCUT2D eigenvalue weighted by molar-refractivity contribution is 0.0317. The van der Waals surface area contributed by atoms with Crippen LogP contribution in [0.3, 0.4) is 0 Å². The lowest BCUT2D eigenvalue weighted by Gasteiger charge is -2.45. The van der Waals surface area contributed by atoms with Gasteiger partial charge in [0.2, 0.25) is 11.8 Å². The Morgan fingerprint density at radius 3 is 2.44 bits per heavy atom. The molecule has 1 amide bonds. The lowest BCUT2D eigenvalue weighted by atomic mass is 9.63. The van der Waals surface area contributed by atoms with Crippen molar-refractivity contribution in [2.24, 2.45) is 11.3 Å². The van der Waals surface area contributed by atoms with E-state index in [9.17, 15) is 13.2 Å². The molecule has 1 aliphatic heterocycles. The van der Waals surface area contributed by atoms with Gasteiger partial charge in [-0.1, -0.05) is 38.1 Å². The summed E-state index contributed by atoms with van der Waals surface area (Å²) in [5.74, 6) is 0.976. The van der Waals surface area contributed by atoms with E-state index in [1.807, 2.05) is 39.1 Å². The van der Waals surface area contributed by atoms with E-state index in [4.69, 9.17) is 9.72 Å². The van der Waals surface area contributed by atoms with E-state index in [0.717, 1.165) is 48.2 Å². The molecule has 262 valence electrons. The standard InChI is InChI=1S/C38H45N7O4S/c1-24-9-6-10-25(2)35(24)32-17-34-42-37(41-32)43-50(47,48)31-14-7-11-27(16-31)36(46)45(30(23-49-34)15-26-18-38(3,4)19-26)22-28-20-39-21-33(40-28)44(5)29-12-8-13-29/h6-7,9-11,14,16-17,20-21,26,29-30H,8,12-13,15,18-19,22-23H2,1-5H3,(H,41,42,43). The van der Waals surface area contributed by atoms with Crippen LogP contribution in [0.25, 0.3) is 11.3 Å². The number of benzene rings is 2. The number of hydrogen-bond donors (Lipinski definition) is 1. The average molecular weight is 696 g/mol. The Kier molecular flexibility index (Phi) is 9.00. The van der Waals surface area contributed by atoms with Gasteiger partial charge in [0.15, 0.2) is 0 Å². The van der Waals surface area contributed by atoms with Gasteiger partial charge in [-0.15, -0.1) is 0 Å². The van der Waals surface area contributed by atoms with E-state index in [-0.39, 0.29) is 52.8 Å². The van der Waals surface area contributed by atoms with E-state index in [2.05, 4.69) is 38.4 Å². The van der Waals surface area contributed by atoms with E-state index in [1.165, 1.54) is 18.6 Å². The maximum absolute atomic E-state index is 14.6. The molecule has 2 aliphatic carbocycles. The van der Waals surface area contributed by atoms with E-state index >= 15 is 0 Å². The quantitative estimate of drug-likeness (QED) is 0.228. The third-order valence-electron chi connectivity index (χ3n) is 10.5. The molecule has 3 heterocycles. The zero-order valence-electron chi connectivity index (χ0n) is 29.4. The Balaban J connectivity index is 1.32. The molecule has 4 bridgehead atoms. The summed E-state index contributed by atoms with van der Waals surface area (Å²) in [5, 5.41) is 0. The van der Waals surface area contributed by atoms with Gasteiger partial charge in [0, 0.05) is 30.3 Å². The van der Waals surface area contributed by atoms with Crippen molar-refractivity contribution < 1.29 is 17.9 Å². The predicted molar refractivity (Wildman–Crippen MR) is 193 cm³/mol. The highest BCUT2D eigenvalue weighted by atomic mass is 32.2. The number of amides is 1. The van der Waals surface area contributed by atoms with Crippen LogP contribution >= 0.6 is 0 Å². The molecule has 7 rings (SSSR count). The van der Waals surface area contributed by atoms with Crippen LogP contribution in [0.15, 0.2) is 65.8 Å². The normalized spacial score (nSPS) is 20.2. The number of carbonyl (C=O) groups excluding carboxylic acids is 1. The highest BCUT2D eigenvalue weighted by molar-refractivity contribution is 7.92. The molecule has 1 unspecified atom stereocenters. The monoisotopic (exact) mass is 695 g/mol. The minimum Gasteiger partial charge on any atom is -0.475 e. The maximum Gasteiger partial charge on any atom is 0.264 e. The molecule has 12 heteroatoms. The molecule has 0 saturated heterocycles. The summed E-state index contributed by atoms with van der Waals surface area (Å²) in [4.78, 5) is 37.1. The van der Waals surface area contributed by atoms with Crippen molar-refractivity contribution in [2.75, 3.05) is 23.3 Å². The van der Waals surface area contributed by atoms with Gasteiger partial charge in [-0.2, -0.15) is 4.98 Å². The van der Waals surface area contributed by atoms with Gasteiger partial charge in [-0.25, -0.2) is 23.1 Å². The van der Waals surface area contributed by atoms with Crippen LogP contribution in [0.1, 0.15) is 79.6 Å². The molecular formula is C38H45N7O4S. The molecule has 1 atom stereocenters. The number of aryl methyl sites for hydroxylation is 2. The van der Waals surface area contributed by atoms with Gasteiger partial charge in [-0.05, 0) is 93.0 Å². The Bertz CT molecular complexity index is 2000. The average Bonchev–Trinajstić information content (AvgIpc) is 3.03. The summed E-state index contributed by atoms with van der Waals surface area (Å²) in [7, 11) is -2.13. The van der Waals surface area contributed by atoms with Gasteiger partial charge in [0.25, 0.3) is 15.9 Å². The highest BCUT2D eigenvalue weighted by Crippen LogP contribution is 2.47. The fourth-order valence-corrected chi connectivity index (χ4v) is 8.69. The first-order valence-corrected chi connectivity index (χ1v) is 18.9. The number of aromatic nitrogens is 4. The van der Waals surface area contributed by atoms with Crippen LogP contribution in [0.2, 0.25) is 0 Å². The molecule has 11 nitrogen and oxygen atoms in total. The fourth-order valence-electron chi connectivity index (χ4n) is 7.70. The number of ether oxygens (including phenoxy) is 1. The van der Waals surface area contributed by atoms with Crippen molar-refractivity contribution in [1.29, 1.82) is 0 Å². The number of carbonyl (C=O) groups is 1. The van der Waals surface area contributed by atoms with Gasteiger partial charge < -0.3 is 14.5 Å². The molecule has 2 fully saturated rings. The van der Waals surface area contributed by atoms with Crippen molar-refractivity contribution in [2.45, 2.75) is 89.7 Å². The molecule has 2 aromatic carbocycles. The first-order chi connectivity index (χ1) is 23.8. The number of rotatable bonds is 7. The number of nitrogens with zero attached hydrogens (tertiary/aromatic N) is 6. The largest absolute Gasteiger partial charge is 0.475 e. The van der Waals surface area contributed by atoms with Gasteiger partial charge in [0.05, 0.1) is 41.3 Å². The molecule has 0 spiro atoms. The predicted octanol–water partition coefficient (Wildman–Crippen LogP) is 6.57. The molecule has 1 N–H and O–H groups in total. The van der Waals surface area contributed by atoms with Crippen LogP contribution in [0.5, 0.6) is 5.88 Å². The van der Waals surface area contributed by atoms with Gasteiger partial charge >= 0.3 is 0 Å². The third-order valence-corrected chi connectivity index (χ3v) is 11.8.